The number of thiocyanates is 1. The van der Waals surface area contributed by atoms with Crippen LogP contribution < -0.4 is 0 Å². The number of nitrogens with zero attached hydrogens (tertiary/aromatic N) is 3. The number of thioether (sulfide) groups is 2. The molecule has 0 amide bonds. The zero-order valence-corrected chi connectivity index (χ0v) is 14.0. The van der Waals surface area contributed by atoms with Crippen LogP contribution >= 0.6 is 23.5 Å². The van der Waals surface area contributed by atoms with Crippen LogP contribution in [0.5, 0.6) is 0 Å². The highest BCUT2D eigenvalue weighted by atomic mass is 32.2. The lowest BCUT2D eigenvalue weighted by Gasteiger charge is -2.18. The minimum Gasteiger partial charge on any atom is -0.324 e. The molecule has 0 spiro atoms. The highest BCUT2D eigenvalue weighted by molar-refractivity contribution is 8.03. The molecule has 1 aromatic heterocycles. The van der Waals surface area contributed by atoms with Gasteiger partial charge in [0.25, 0.3) is 0 Å². The minimum atomic E-state index is 0.245. The largest absolute Gasteiger partial charge is 0.324 e. The summed E-state index contributed by atoms with van der Waals surface area (Å²) in [6, 6.07) is 18.6. The Morgan fingerprint density at radius 3 is 2.48 bits per heavy atom. The van der Waals surface area contributed by atoms with Crippen LogP contribution in [0.4, 0.5) is 0 Å². The van der Waals surface area contributed by atoms with Crippen LogP contribution in [0.1, 0.15) is 10.9 Å². The van der Waals surface area contributed by atoms with Crippen molar-refractivity contribution in [2.45, 2.75) is 21.6 Å². The van der Waals surface area contributed by atoms with E-state index in [4.69, 9.17) is 5.26 Å². The van der Waals surface area contributed by atoms with E-state index in [1.54, 1.807) is 0 Å². The fourth-order valence-electron chi connectivity index (χ4n) is 2.25. The number of aromatic nitrogens is 2. The van der Waals surface area contributed by atoms with Crippen LogP contribution in [0.2, 0.25) is 0 Å². The van der Waals surface area contributed by atoms with Gasteiger partial charge in [0.2, 0.25) is 0 Å². The molecule has 0 N–H and O–H groups in total. The van der Waals surface area contributed by atoms with E-state index in [1.165, 1.54) is 22.2 Å². The molecule has 0 radical (unpaired) electrons. The van der Waals surface area contributed by atoms with Crippen molar-refractivity contribution in [3.63, 3.8) is 0 Å². The van der Waals surface area contributed by atoms with Gasteiger partial charge in [-0.3, -0.25) is 0 Å². The summed E-state index contributed by atoms with van der Waals surface area (Å²) in [5.74, 6) is 0. The predicted molar refractivity (Wildman–Crippen MR) is 95.2 cm³/mol. The molecule has 23 heavy (non-hydrogen) atoms. The Labute approximate surface area is 144 Å². The molecule has 5 heteroatoms. The van der Waals surface area contributed by atoms with Gasteiger partial charge < -0.3 is 4.57 Å². The lowest BCUT2D eigenvalue weighted by atomic mass is 10.1. The SMILES string of the molecule is N#CSc1ccc(CC(Sc2ccccc2)n2ccnc2)cc1. The molecule has 0 saturated heterocycles. The normalized spacial score (nSPS) is 11.8. The first-order valence-corrected chi connectivity index (χ1v) is 8.89. The topological polar surface area (TPSA) is 41.6 Å². The van der Waals surface area contributed by atoms with Gasteiger partial charge in [-0.05, 0) is 41.6 Å². The van der Waals surface area contributed by atoms with E-state index in [-0.39, 0.29) is 5.37 Å². The molecule has 0 aliphatic rings. The molecule has 3 rings (SSSR count). The number of imidazole rings is 1. The second-order valence-electron chi connectivity index (χ2n) is 4.94. The monoisotopic (exact) mass is 337 g/mol. The highest BCUT2D eigenvalue weighted by Crippen LogP contribution is 2.33. The number of hydrogen-bond donors (Lipinski definition) is 0. The van der Waals surface area contributed by atoms with Gasteiger partial charge >= 0.3 is 0 Å². The first-order chi connectivity index (χ1) is 11.3. The van der Waals surface area contributed by atoms with E-state index in [0.29, 0.717) is 0 Å². The van der Waals surface area contributed by atoms with E-state index < -0.39 is 0 Å². The van der Waals surface area contributed by atoms with Gasteiger partial charge in [-0.15, -0.1) is 11.8 Å². The molecular weight excluding hydrogens is 322 g/mol. The molecule has 1 heterocycles. The number of nitriles is 1. The van der Waals surface area contributed by atoms with Gasteiger partial charge in [0.1, 0.15) is 5.40 Å². The molecular formula is C18H15N3S2. The fourth-order valence-corrected chi connectivity index (χ4v) is 3.78. The van der Waals surface area contributed by atoms with Crippen molar-refractivity contribution in [3.8, 4) is 5.40 Å². The summed E-state index contributed by atoms with van der Waals surface area (Å²) >= 11 is 3.01. The van der Waals surface area contributed by atoms with Gasteiger partial charge in [-0.25, -0.2) is 4.98 Å². The molecule has 0 saturated carbocycles. The second kappa shape index (κ2) is 7.91. The van der Waals surface area contributed by atoms with Crippen LogP contribution in [0.15, 0.2) is 83.1 Å². The Bertz CT molecular complexity index is 762. The molecule has 0 bridgehead atoms. The second-order valence-corrected chi connectivity index (χ2v) is 7.05. The van der Waals surface area contributed by atoms with E-state index in [9.17, 15) is 0 Å². The van der Waals surface area contributed by atoms with E-state index >= 15 is 0 Å². The third-order valence-corrected chi connectivity index (χ3v) is 5.20. The highest BCUT2D eigenvalue weighted by Gasteiger charge is 2.13. The Balaban J connectivity index is 1.77. The lowest BCUT2D eigenvalue weighted by molar-refractivity contribution is 0.673. The first kappa shape index (κ1) is 15.7. The number of benzene rings is 2. The fraction of sp³-hybridized carbons (Fsp3) is 0.111. The van der Waals surface area contributed by atoms with Crippen LogP contribution in [0.3, 0.4) is 0 Å². The van der Waals surface area contributed by atoms with Crippen molar-refractivity contribution in [2.24, 2.45) is 0 Å². The molecule has 114 valence electrons. The maximum atomic E-state index is 8.72. The van der Waals surface area contributed by atoms with E-state index in [2.05, 4.69) is 51.4 Å². The number of rotatable bonds is 6. The molecule has 1 unspecified atom stereocenters. The zero-order chi connectivity index (χ0) is 15.9. The summed E-state index contributed by atoms with van der Waals surface area (Å²) in [7, 11) is 0. The van der Waals surface area contributed by atoms with Crippen LogP contribution in [-0.2, 0) is 6.42 Å². The average Bonchev–Trinajstić information content (AvgIpc) is 3.12. The summed E-state index contributed by atoms with van der Waals surface area (Å²) in [6.07, 6.45) is 6.57. The van der Waals surface area contributed by atoms with Crippen molar-refractivity contribution in [1.82, 2.24) is 9.55 Å². The lowest BCUT2D eigenvalue weighted by Crippen LogP contribution is -2.06. The zero-order valence-electron chi connectivity index (χ0n) is 12.4. The summed E-state index contributed by atoms with van der Waals surface area (Å²) in [4.78, 5) is 6.39. The van der Waals surface area contributed by atoms with Crippen molar-refractivity contribution in [2.75, 3.05) is 0 Å². The van der Waals surface area contributed by atoms with E-state index in [0.717, 1.165) is 11.3 Å². The average molecular weight is 337 g/mol. The van der Waals surface area contributed by atoms with Gasteiger partial charge in [-0.1, -0.05) is 30.3 Å². The summed E-state index contributed by atoms with van der Waals surface area (Å²) in [5.41, 5.74) is 1.24. The Morgan fingerprint density at radius 1 is 1.04 bits per heavy atom. The maximum absolute atomic E-state index is 8.72. The van der Waals surface area contributed by atoms with E-state index in [1.807, 2.05) is 48.7 Å². The van der Waals surface area contributed by atoms with Crippen molar-refractivity contribution in [1.29, 1.82) is 5.26 Å². The van der Waals surface area contributed by atoms with Gasteiger partial charge in [0, 0.05) is 28.6 Å². The van der Waals surface area contributed by atoms with Crippen LogP contribution in [0, 0.1) is 10.7 Å². The quantitative estimate of drug-likeness (QED) is 0.469. The molecule has 2 aromatic carbocycles. The molecule has 3 aromatic rings. The Hall–Kier alpha value is -2.16. The summed E-state index contributed by atoms with van der Waals surface area (Å²) in [6.45, 7) is 0. The maximum Gasteiger partial charge on any atom is 0.138 e. The summed E-state index contributed by atoms with van der Waals surface area (Å²) < 4.78 is 2.13. The molecule has 0 fully saturated rings. The first-order valence-electron chi connectivity index (χ1n) is 7.19. The summed E-state index contributed by atoms with van der Waals surface area (Å²) in [5, 5.41) is 11.1. The predicted octanol–water partition coefficient (Wildman–Crippen LogP) is 4.99. The third-order valence-electron chi connectivity index (χ3n) is 3.37. The molecule has 0 aliphatic heterocycles. The van der Waals surface area contributed by atoms with Gasteiger partial charge in [0.15, 0.2) is 0 Å². The number of hydrogen-bond acceptors (Lipinski definition) is 4. The van der Waals surface area contributed by atoms with Crippen molar-refractivity contribution < 1.29 is 0 Å². The Morgan fingerprint density at radius 2 is 1.83 bits per heavy atom. The van der Waals surface area contributed by atoms with Gasteiger partial charge in [-0.2, -0.15) is 5.26 Å². The molecule has 1 atom stereocenters. The molecule has 3 nitrogen and oxygen atoms in total. The van der Waals surface area contributed by atoms with Crippen LogP contribution in [0.25, 0.3) is 0 Å². The van der Waals surface area contributed by atoms with Crippen molar-refractivity contribution in [3.05, 3.63) is 78.9 Å². The Kier molecular flexibility index (Phi) is 5.41. The van der Waals surface area contributed by atoms with Gasteiger partial charge in [0.05, 0.1) is 11.7 Å². The standard InChI is InChI=1S/C18H15N3S2/c19-13-22-16-8-6-15(7-9-16)12-18(21-11-10-20-14-21)23-17-4-2-1-3-5-17/h1-11,14,18H,12H2. The van der Waals surface area contributed by atoms with Crippen molar-refractivity contribution >= 4 is 23.5 Å². The van der Waals surface area contributed by atoms with Crippen LogP contribution in [-0.4, -0.2) is 9.55 Å². The minimum absolute atomic E-state index is 0.245. The molecule has 0 aliphatic carbocycles. The third kappa shape index (κ3) is 4.41. The smallest absolute Gasteiger partial charge is 0.138 e.